The third-order valence-electron chi connectivity index (χ3n) is 1.96. The monoisotopic (exact) mass is 223 g/mol. The van der Waals surface area contributed by atoms with Gasteiger partial charge in [0.1, 0.15) is 11.1 Å². The van der Waals surface area contributed by atoms with Crippen molar-refractivity contribution < 1.29 is 14.3 Å². The highest BCUT2D eigenvalue weighted by molar-refractivity contribution is 7.97. The smallest absolute Gasteiger partial charge is 0.339 e. The lowest BCUT2D eigenvalue weighted by Crippen LogP contribution is -1.95. The van der Waals surface area contributed by atoms with Crippen LogP contribution < -0.4 is 0 Å². The fourth-order valence-corrected chi connectivity index (χ4v) is 1.72. The minimum Gasteiger partial charge on any atom is -0.478 e. The molecule has 2 aromatic rings. The molecule has 1 aromatic carbocycles. The number of benzene rings is 1. The SMILES string of the molecule is CSCc1nc2cccc(C(=O)O)c2o1. The number of aromatic nitrogens is 1. The van der Waals surface area contributed by atoms with Crippen LogP contribution in [-0.4, -0.2) is 22.3 Å². The number of para-hydroxylation sites is 1. The summed E-state index contributed by atoms with van der Waals surface area (Å²) in [5.74, 6) is 0.215. The van der Waals surface area contributed by atoms with E-state index in [0.29, 0.717) is 22.7 Å². The minimum absolute atomic E-state index is 0.160. The second-order valence-electron chi connectivity index (χ2n) is 3.00. The zero-order chi connectivity index (χ0) is 10.8. The summed E-state index contributed by atoms with van der Waals surface area (Å²) in [6.07, 6.45) is 1.94. The summed E-state index contributed by atoms with van der Waals surface area (Å²) in [6.45, 7) is 0. The summed E-state index contributed by atoms with van der Waals surface area (Å²) >= 11 is 1.58. The molecule has 1 N–H and O–H groups in total. The van der Waals surface area contributed by atoms with Gasteiger partial charge in [-0.15, -0.1) is 0 Å². The number of hydrogen-bond acceptors (Lipinski definition) is 4. The Bertz CT molecular complexity index is 506. The molecule has 1 heterocycles. The van der Waals surface area contributed by atoms with Crippen molar-refractivity contribution in [2.45, 2.75) is 5.75 Å². The van der Waals surface area contributed by atoms with Gasteiger partial charge in [-0.2, -0.15) is 11.8 Å². The lowest BCUT2D eigenvalue weighted by molar-refractivity contribution is 0.0698. The quantitative estimate of drug-likeness (QED) is 0.865. The highest BCUT2D eigenvalue weighted by atomic mass is 32.2. The average Bonchev–Trinajstić information content (AvgIpc) is 2.59. The molecule has 5 heteroatoms. The van der Waals surface area contributed by atoms with Crippen LogP contribution in [0.25, 0.3) is 11.1 Å². The summed E-state index contributed by atoms with van der Waals surface area (Å²) in [7, 11) is 0. The number of carboxylic acid groups (broad SMARTS) is 1. The van der Waals surface area contributed by atoms with Gasteiger partial charge in [0, 0.05) is 0 Å². The molecule has 0 bridgehead atoms. The predicted octanol–water partition coefficient (Wildman–Crippen LogP) is 2.39. The van der Waals surface area contributed by atoms with Crippen molar-refractivity contribution in [2.75, 3.05) is 6.26 Å². The van der Waals surface area contributed by atoms with Crippen molar-refractivity contribution in [2.24, 2.45) is 0 Å². The Balaban J connectivity index is 2.59. The maximum absolute atomic E-state index is 10.9. The van der Waals surface area contributed by atoms with Crippen LogP contribution in [0.4, 0.5) is 0 Å². The number of nitrogens with zero attached hydrogens (tertiary/aromatic N) is 1. The largest absolute Gasteiger partial charge is 0.478 e. The second kappa shape index (κ2) is 3.94. The summed E-state index contributed by atoms with van der Waals surface area (Å²) in [4.78, 5) is 15.1. The molecular formula is C10H9NO3S. The number of fused-ring (bicyclic) bond motifs is 1. The van der Waals surface area contributed by atoms with E-state index in [1.807, 2.05) is 6.26 Å². The minimum atomic E-state index is -0.993. The standard InChI is InChI=1S/C10H9NO3S/c1-15-5-8-11-7-4-2-3-6(10(12)13)9(7)14-8/h2-4H,5H2,1H3,(H,12,13). The highest BCUT2D eigenvalue weighted by Crippen LogP contribution is 2.21. The molecule has 1 aromatic heterocycles. The number of hydrogen-bond donors (Lipinski definition) is 1. The molecule has 78 valence electrons. The maximum atomic E-state index is 10.9. The van der Waals surface area contributed by atoms with Crippen LogP contribution in [0.3, 0.4) is 0 Å². The molecule has 15 heavy (non-hydrogen) atoms. The molecule has 0 spiro atoms. The van der Waals surface area contributed by atoms with Crippen molar-refractivity contribution >= 4 is 28.8 Å². The van der Waals surface area contributed by atoms with Gasteiger partial charge in [-0.25, -0.2) is 9.78 Å². The molecule has 2 rings (SSSR count). The average molecular weight is 223 g/mol. The lowest BCUT2D eigenvalue weighted by atomic mass is 10.2. The van der Waals surface area contributed by atoms with E-state index in [0.717, 1.165) is 0 Å². The lowest BCUT2D eigenvalue weighted by Gasteiger charge is -1.92. The molecule has 0 unspecified atom stereocenters. The molecular weight excluding hydrogens is 214 g/mol. The Morgan fingerprint density at radius 2 is 2.40 bits per heavy atom. The van der Waals surface area contributed by atoms with Gasteiger partial charge in [0.15, 0.2) is 5.58 Å². The van der Waals surface area contributed by atoms with Gasteiger partial charge in [-0.3, -0.25) is 0 Å². The van der Waals surface area contributed by atoms with Gasteiger partial charge >= 0.3 is 5.97 Å². The normalized spacial score (nSPS) is 10.7. The molecule has 0 amide bonds. The second-order valence-corrected chi connectivity index (χ2v) is 3.87. The van der Waals surface area contributed by atoms with Crippen LogP contribution in [0, 0.1) is 0 Å². The van der Waals surface area contributed by atoms with E-state index >= 15 is 0 Å². The summed E-state index contributed by atoms with van der Waals surface area (Å²) in [5.41, 5.74) is 1.11. The van der Waals surface area contributed by atoms with E-state index in [1.54, 1.807) is 23.9 Å². The van der Waals surface area contributed by atoms with Gasteiger partial charge in [-0.05, 0) is 18.4 Å². The van der Waals surface area contributed by atoms with Gasteiger partial charge in [0.25, 0.3) is 0 Å². The zero-order valence-corrected chi connectivity index (χ0v) is 8.87. The maximum Gasteiger partial charge on any atom is 0.339 e. The van der Waals surface area contributed by atoms with Crippen molar-refractivity contribution in [1.29, 1.82) is 0 Å². The van der Waals surface area contributed by atoms with Crippen LogP contribution in [-0.2, 0) is 5.75 Å². The van der Waals surface area contributed by atoms with Crippen LogP contribution in [0.1, 0.15) is 16.2 Å². The van der Waals surface area contributed by atoms with Crippen LogP contribution in [0.15, 0.2) is 22.6 Å². The summed E-state index contributed by atoms with van der Waals surface area (Å²) in [6, 6.07) is 4.92. The van der Waals surface area contributed by atoms with Gasteiger partial charge < -0.3 is 9.52 Å². The van der Waals surface area contributed by atoms with E-state index < -0.39 is 5.97 Å². The summed E-state index contributed by atoms with van der Waals surface area (Å²) in [5, 5.41) is 8.93. The predicted molar refractivity (Wildman–Crippen MR) is 58.2 cm³/mol. The van der Waals surface area contributed by atoms with Crippen molar-refractivity contribution in [3.8, 4) is 0 Å². The fraction of sp³-hybridized carbons (Fsp3) is 0.200. The Morgan fingerprint density at radius 1 is 1.60 bits per heavy atom. The van der Waals surface area contributed by atoms with Gasteiger partial charge in [0.2, 0.25) is 5.89 Å². The third kappa shape index (κ3) is 1.83. The Labute approximate surface area is 90.3 Å². The fourth-order valence-electron chi connectivity index (χ4n) is 1.35. The molecule has 4 nitrogen and oxygen atoms in total. The van der Waals surface area contributed by atoms with Gasteiger partial charge in [0.05, 0.1) is 5.75 Å². The first-order valence-electron chi connectivity index (χ1n) is 4.33. The van der Waals surface area contributed by atoms with E-state index in [1.165, 1.54) is 6.07 Å². The number of aromatic carboxylic acids is 1. The van der Waals surface area contributed by atoms with Crippen LogP contribution >= 0.6 is 11.8 Å². The van der Waals surface area contributed by atoms with E-state index in [4.69, 9.17) is 9.52 Å². The molecule has 0 atom stereocenters. The van der Waals surface area contributed by atoms with Crippen molar-refractivity contribution in [3.05, 3.63) is 29.7 Å². The van der Waals surface area contributed by atoms with E-state index in [-0.39, 0.29) is 5.56 Å². The molecule has 0 saturated heterocycles. The number of oxazole rings is 1. The summed E-state index contributed by atoms with van der Waals surface area (Å²) < 4.78 is 5.39. The Hall–Kier alpha value is -1.49. The first kappa shape index (κ1) is 10.0. The Morgan fingerprint density at radius 3 is 3.07 bits per heavy atom. The molecule has 0 saturated carbocycles. The molecule has 0 fully saturated rings. The molecule has 0 radical (unpaired) electrons. The first-order valence-corrected chi connectivity index (χ1v) is 5.72. The number of thioether (sulfide) groups is 1. The van der Waals surface area contributed by atoms with E-state index in [2.05, 4.69) is 4.98 Å². The molecule has 0 aliphatic heterocycles. The third-order valence-corrected chi connectivity index (χ3v) is 2.49. The number of carboxylic acids is 1. The van der Waals surface area contributed by atoms with Crippen molar-refractivity contribution in [1.82, 2.24) is 4.98 Å². The zero-order valence-electron chi connectivity index (χ0n) is 8.06. The van der Waals surface area contributed by atoms with Crippen LogP contribution in [0.5, 0.6) is 0 Å². The number of carbonyl (C=O) groups is 1. The van der Waals surface area contributed by atoms with E-state index in [9.17, 15) is 4.79 Å². The molecule has 0 aliphatic carbocycles. The van der Waals surface area contributed by atoms with Crippen molar-refractivity contribution in [3.63, 3.8) is 0 Å². The molecule has 0 aliphatic rings. The van der Waals surface area contributed by atoms with Gasteiger partial charge in [-0.1, -0.05) is 6.07 Å². The first-order chi connectivity index (χ1) is 7.22. The Kier molecular flexibility index (Phi) is 2.64. The van der Waals surface area contributed by atoms with Crippen LogP contribution in [0.2, 0.25) is 0 Å². The highest BCUT2D eigenvalue weighted by Gasteiger charge is 2.13. The number of rotatable bonds is 3. The topological polar surface area (TPSA) is 63.3 Å².